The van der Waals surface area contributed by atoms with E-state index in [1.165, 1.54) is 11.3 Å². The second kappa shape index (κ2) is 5.68. The van der Waals surface area contributed by atoms with Crippen LogP contribution in [0.5, 0.6) is 0 Å². The van der Waals surface area contributed by atoms with E-state index in [0.29, 0.717) is 10.6 Å². The first-order valence-electron chi connectivity index (χ1n) is 5.54. The molecule has 0 aliphatic rings. The fourth-order valence-corrected chi connectivity index (χ4v) is 3.41. The number of nitrogen functional groups attached to an aromatic ring is 1. The maximum atomic E-state index is 12.0. The Morgan fingerprint density at radius 1 is 1.40 bits per heavy atom. The van der Waals surface area contributed by atoms with Gasteiger partial charge >= 0.3 is 0 Å². The molecule has 6 nitrogen and oxygen atoms in total. The molecule has 0 spiro atoms. The highest BCUT2D eigenvalue weighted by Gasteiger charge is 2.16. The van der Waals surface area contributed by atoms with E-state index in [2.05, 4.69) is 21.2 Å². The lowest BCUT2D eigenvalue weighted by molar-refractivity contribution is 0.0961. The molecule has 20 heavy (non-hydrogen) atoms. The highest BCUT2D eigenvalue weighted by Crippen LogP contribution is 2.35. The molecule has 9 heteroatoms. The Balaban J connectivity index is 2.20. The number of carbonyl (C=O) groups is 1. The summed E-state index contributed by atoms with van der Waals surface area (Å²) in [5.41, 5.74) is 6.34. The minimum atomic E-state index is -3.59. The van der Waals surface area contributed by atoms with Gasteiger partial charge in [-0.25, -0.2) is 13.6 Å². The quantitative estimate of drug-likeness (QED) is 0.743. The number of fused-ring (bicyclic) bond motifs is 1. The molecule has 108 valence electrons. The Bertz CT molecular complexity index is 771. The van der Waals surface area contributed by atoms with Gasteiger partial charge in [0.2, 0.25) is 10.0 Å². The van der Waals surface area contributed by atoms with Gasteiger partial charge in [-0.3, -0.25) is 4.79 Å². The fraction of sp³-hybridized carbons (Fsp3) is 0.182. The molecule has 1 aromatic carbocycles. The molecule has 0 saturated heterocycles. The number of sulfonamides is 1. The average molecular weight is 378 g/mol. The Hall–Kier alpha value is -1.16. The van der Waals surface area contributed by atoms with Gasteiger partial charge in [-0.15, -0.1) is 11.3 Å². The molecule has 1 heterocycles. The van der Waals surface area contributed by atoms with Crippen molar-refractivity contribution in [2.45, 2.75) is 0 Å². The van der Waals surface area contributed by atoms with Gasteiger partial charge in [0.25, 0.3) is 5.91 Å². The van der Waals surface area contributed by atoms with Crippen molar-refractivity contribution in [3.63, 3.8) is 0 Å². The standard InChI is InChI=1S/C11H12BrN3O3S2/c12-6-1-2-8-7(5-6)9(13)10(19-8)11(16)15-3-4-20(14,17)18/h1-2,5H,3-4,13H2,(H,15,16)(H2,14,17,18). The number of nitrogens with one attached hydrogen (secondary N) is 1. The van der Waals surface area contributed by atoms with Gasteiger partial charge in [-0.1, -0.05) is 15.9 Å². The molecule has 1 amide bonds. The third-order valence-electron chi connectivity index (χ3n) is 2.57. The van der Waals surface area contributed by atoms with Gasteiger partial charge in [0.15, 0.2) is 0 Å². The van der Waals surface area contributed by atoms with Crippen LogP contribution in [0.25, 0.3) is 10.1 Å². The van der Waals surface area contributed by atoms with E-state index in [4.69, 9.17) is 10.9 Å². The second-order valence-electron chi connectivity index (χ2n) is 4.11. The van der Waals surface area contributed by atoms with Crippen molar-refractivity contribution in [1.82, 2.24) is 5.32 Å². The SMILES string of the molecule is Nc1c(C(=O)NCCS(N)(=O)=O)sc2ccc(Br)cc12. The molecule has 0 radical (unpaired) electrons. The molecular weight excluding hydrogens is 366 g/mol. The molecule has 0 saturated carbocycles. The summed E-state index contributed by atoms with van der Waals surface area (Å²) in [6, 6.07) is 5.56. The van der Waals surface area contributed by atoms with Crippen LogP contribution in [-0.2, 0) is 10.0 Å². The predicted octanol–water partition coefficient (Wildman–Crippen LogP) is 1.26. The first kappa shape index (κ1) is 15.2. The molecular formula is C11H12BrN3O3S2. The first-order valence-corrected chi connectivity index (χ1v) is 8.86. The van der Waals surface area contributed by atoms with Crippen LogP contribution in [-0.4, -0.2) is 26.6 Å². The van der Waals surface area contributed by atoms with Crippen LogP contribution in [0.15, 0.2) is 22.7 Å². The van der Waals surface area contributed by atoms with E-state index in [1.807, 2.05) is 18.2 Å². The number of rotatable bonds is 4. The zero-order chi connectivity index (χ0) is 14.9. The van der Waals surface area contributed by atoms with Crippen molar-refractivity contribution >= 4 is 59.0 Å². The molecule has 2 rings (SSSR count). The number of halogens is 1. The third-order valence-corrected chi connectivity index (χ3v) is 5.02. The third kappa shape index (κ3) is 3.48. The fourth-order valence-electron chi connectivity index (χ4n) is 1.64. The van der Waals surface area contributed by atoms with Crippen molar-refractivity contribution in [1.29, 1.82) is 0 Å². The Labute approximate surface area is 128 Å². The normalized spacial score (nSPS) is 11.7. The molecule has 0 bridgehead atoms. The molecule has 1 aromatic heterocycles. The number of nitrogens with two attached hydrogens (primary N) is 2. The molecule has 0 fully saturated rings. The van der Waals surface area contributed by atoms with Gasteiger partial charge < -0.3 is 11.1 Å². The number of carbonyl (C=O) groups excluding carboxylic acids is 1. The van der Waals surface area contributed by atoms with Crippen molar-refractivity contribution < 1.29 is 13.2 Å². The number of amides is 1. The molecule has 0 atom stereocenters. The van der Waals surface area contributed by atoms with E-state index in [1.54, 1.807) is 0 Å². The summed E-state index contributed by atoms with van der Waals surface area (Å²) in [7, 11) is -3.59. The minimum Gasteiger partial charge on any atom is -0.397 e. The van der Waals surface area contributed by atoms with E-state index >= 15 is 0 Å². The number of primary sulfonamides is 1. The zero-order valence-corrected chi connectivity index (χ0v) is 13.4. The van der Waals surface area contributed by atoms with Gasteiger partial charge in [0, 0.05) is 21.1 Å². The minimum absolute atomic E-state index is 0.0466. The van der Waals surface area contributed by atoms with Crippen molar-refractivity contribution in [3.8, 4) is 0 Å². The maximum Gasteiger partial charge on any atom is 0.263 e. The highest BCUT2D eigenvalue weighted by atomic mass is 79.9. The van der Waals surface area contributed by atoms with E-state index in [0.717, 1.165) is 14.6 Å². The topological polar surface area (TPSA) is 115 Å². The predicted molar refractivity (Wildman–Crippen MR) is 84.2 cm³/mol. The van der Waals surface area contributed by atoms with Crippen LogP contribution in [0.1, 0.15) is 9.67 Å². The Kier molecular flexibility index (Phi) is 4.33. The molecule has 5 N–H and O–H groups in total. The first-order chi connectivity index (χ1) is 9.28. The summed E-state index contributed by atoms with van der Waals surface area (Å²) >= 11 is 4.60. The van der Waals surface area contributed by atoms with Crippen LogP contribution < -0.4 is 16.2 Å². The van der Waals surface area contributed by atoms with Crippen LogP contribution in [0.2, 0.25) is 0 Å². The van der Waals surface area contributed by atoms with E-state index in [9.17, 15) is 13.2 Å². The van der Waals surface area contributed by atoms with E-state index < -0.39 is 15.9 Å². The smallest absolute Gasteiger partial charge is 0.263 e. The molecule has 0 unspecified atom stereocenters. The summed E-state index contributed by atoms with van der Waals surface area (Å²) in [6.45, 7) is -0.0466. The second-order valence-corrected chi connectivity index (χ2v) is 7.81. The van der Waals surface area contributed by atoms with Crippen molar-refractivity contribution in [2.75, 3.05) is 18.0 Å². The Morgan fingerprint density at radius 3 is 2.75 bits per heavy atom. The summed E-state index contributed by atoms with van der Waals surface area (Å²) in [6.07, 6.45) is 0. The molecule has 0 aliphatic heterocycles. The number of benzene rings is 1. The van der Waals surface area contributed by atoms with Gasteiger partial charge in [-0.05, 0) is 18.2 Å². The highest BCUT2D eigenvalue weighted by molar-refractivity contribution is 9.10. The zero-order valence-electron chi connectivity index (χ0n) is 10.2. The van der Waals surface area contributed by atoms with E-state index in [-0.39, 0.29) is 12.3 Å². The number of thiophene rings is 1. The molecule has 2 aromatic rings. The summed E-state index contributed by atoms with van der Waals surface area (Å²) < 4.78 is 23.3. The lowest BCUT2D eigenvalue weighted by atomic mass is 10.2. The van der Waals surface area contributed by atoms with Crippen LogP contribution in [0.3, 0.4) is 0 Å². The van der Waals surface area contributed by atoms with Crippen LogP contribution in [0, 0.1) is 0 Å². The number of anilines is 1. The summed E-state index contributed by atoms with van der Waals surface area (Å²) in [5, 5.41) is 8.15. The van der Waals surface area contributed by atoms with Crippen LogP contribution in [0.4, 0.5) is 5.69 Å². The number of hydrogen-bond donors (Lipinski definition) is 3. The monoisotopic (exact) mass is 377 g/mol. The number of hydrogen-bond acceptors (Lipinski definition) is 5. The molecule has 0 aliphatic carbocycles. The largest absolute Gasteiger partial charge is 0.397 e. The van der Waals surface area contributed by atoms with Gasteiger partial charge in [0.1, 0.15) is 4.88 Å². The average Bonchev–Trinajstić information content (AvgIpc) is 2.65. The van der Waals surface area contributed by atoms with Crippen molar-refractivity contribution in [3.05, 3.63) is 27.5 Å². The maximum absolute atomic E-state index is 12.0. The van der Waals surface area contributed by atoms with Crippen LogP contribution >= 0.6 is 27.3 Å². The summed E-state index contributed by atoms with van der Waals surface area (Å²) in [5.74, 6) is -0.710. The van der Waals surface area contributed by atoms with Crippen molar-refractivity contribution in [2.24, 2.45) is 5.14 Å². The van der Waals surface area contributed by atoms with Gasteiger partial charge in [-0.2, -0.15) is 0 Å². The van der Waals surface area contributed by atoms with Gasteiger partial charge in [0.05, 0.1) is 11.4 Å². The lowest BCUT2D eigenvalue weighted by Crippen LogP contribution is -2.31. The lowest BCUT2D eigenvalue weighted by Gasteiger charge is -2.03. The summed E-state index contributed by atoms with van der Waals surface area (Å²) in [4.78, 5) is 12.3. The Morgan fingerprint density at radius 2 is 2.10 bits per heavy atom.